The Morgan fingerprint density at radius 3 is 2.29 bits per heavy atom. The summed E-state index contributed by atoms with van der Waals surface area (Å²) in [5.41, 5.74) is 0.394. The molecular weight excluding hydrogens is 262 g/mol. The average molecular weight is 295 g/mol. The quantitative estimate of drug-likeness (QED) is 0.642. The second kappa shape index (κ2) is 6.15. The molecule has 21 heavy (non-hydrogen) atoms. The Balaban J connectivity index is 1.85. The van der Waals surface area contributed by atoms with Crippen LogP contribution in [-0.2, 0) is 4.74 Å². The van der Waals surface area contributed by atoms with E-state index in [1.807, 2.05) is 0 Å². The summed E-state index contributed by atoms with van der Waals surface area (Å²) in [6.07, 6.45) is 3.83. The predicted octanol–water partition coefficient (Wildman–Crippen LogP) is 3.03. The van der Waals surface area contributed by atoms with E-state index in [1.165, 1.54) is 6.42 Å². The largest absolute Gasteiger partial charge is 0.372 e. The zero-order valence-corrected chi connectivity index (χ0v) is 14.7. The van der Waals surface area contributed by atoms with Gasteiger partial charge in [0.15, 0.2) is 5.96 Å². The molecule has 1 atom stereocenters. The van der Waals surface area contributed by atoms with Crippen LogP contribution in [0.15, 0.2) is 4.99 Å². The van der Waals surface area contributed by atoms with Crippen molar-refractivity contribution in [1.82, 2.24) is 10.2 Å². The number of rotatable bonds is 3. The molecule has 1 N–H and O–H groups in total. The fourth-order valence-electron chi connectivity index (χ4n) is 2.94. The molecule has 1 unspecified atom stereocenters. The standard InChI is InChI=1S/C17H33N3O/c1-7-18-15(19-14-12-17(14,5)6)20-10-8-13(9-11-20)21-16(2,3)4/h13-14H,7-12H2,1-6H3,(H,18,19). The molecule has 0 aromatic heterocycles. The number of nitrogens with one attached hydrogen (secondary N) is 1. The lowest BCUT2D eigenvalue weighted by atomic mass is 10.1. The Hall–Kier alpha value is -0.770. The van der Waals surface area contributed by atoms with E-state index in [-0.39, 0.29) is 5.60 Å². The van der Waals surface area contributed by atoms with Crippen LogP contribution < -0.4 is 5.32 Å². The van der Waals surface area contributed by atoms with Gasteiger partial charge in [0.05, 0.1) is 11.7 Å². The Kier molecular flexibility index (Phi) is 4.86. The lowest BCUT2D eigenvalue weighted by Crippen LogP contribution is -2.49. The van der Waals surface area contributed by atoms with E-state index in [1.54, 1.807) is 0 Å². The van der Waals surface area contributed by atoms with Crippen molar-refractivity contribution in [2.45, 2.75) is 78.6 Å². The first-order chi connectivity index (χ1) is 9.71. The van der Waals surface area contributed by atoms with Gasteiger partial charge in [-0.05, 0) is 52.4 Å². The minimum Gasteiger partial charge on any atom is -0.372 e. The molecule has 2 fully saturated rings. The lowest BCUT2D eigenvalue weighted by Gasteiger charge is -2.37. The van der Waals surface area contributed by atoms with Gasteiger partial charge in [-0.1, -0.05) is 13.8 Å². The zero-order chi connectivity index (χ0) is 15.7. The SMILES string of the molecule is CCN=C(NC1CC1(C)C)N1CCC(OC(C)(C)C)CC1. The molecule has 0 amide bonds. The highest BCUT2D eigenvalue weighted by Crippen LogP contribution is 2.44. The number of nitrogens with zero attached hydrogens (tertiary/aromatic N) is 2. The van der Waals surface area contributed by atoms with Crippen molar-refractivity contribution in [2.75, 3.05) is 19.6 Å². The summed E-state index contributed by atoms with van der Waals surface area (Å²) >= 11 is 0. The van der Waals surface area contributed by atoms with E-state index in [0.717, 1.165) is 38.4 Å². The van der Waals surface area contributed by atoms with Gasteiger partial charge < -0.3 is 15.0 Å². The highest BCUT2D eigenvalue weighted by molar-refractivity contribution is 5.81. The van der Waals surface area contributed by atoms with Crippen LogP contribution in [-0.4, -0.2) is 48.2 Å². The maximum atomic E-state index is 6.11. The molecule has 0 bridgehead atoms. The number of hydrogen-bond acceptors (Lipinski definition) is 2. The van der Waals surface area contributed by atoms with E-state index < -0.39 is 0 Å². The third-order valence-corrected chi connectivity index (χ3v) is 4.39. The van der Waals surface area contributed by atoms with Crippen LogP contribution in [0.3, 0.4) is 0 Å². The highest BCUT2D eigenvalue weighted by Gasteiger charge is 2.46. The van der Waals surface area contributed by atoms with Gasteiger partial charge >= 0.3 is 0 Å². The van der Waals surface area contributed by atoms with E-state index in [9.17, 15) is 0 Å². The van der Waals surface area contributed by atoms with Crippen LogP contribution in [0.25, 0.3) is 0 Å². The molecule has 4 nitrogen and oxygen atoms in total. The van der Waals surface area contributed by atoms with Gasteiger partial charge in [-0.3, -0.25) is 4.99 Å². The second-order valence-electron chi connectivity index (χ2n) is 8.10. The van der Waals surface area contributed by atoms with Gasteiger partial charge in [0.2, 0.25) is 0 Å². The van der Waals surface area contributed by atoms with Gasteiger partial charge in [0.25, 0.3) is 0 Å². The summed E-state index contributed by atoms with van der Waals surface area (Å²) in [5, 5.41) is 3.65. The molecule has 1 heterocycles. The van der Waals surface area contributed by atoms with Gasteiger partial charge in [-0.25, -0.2) is 0 Å². The molecule has 0 spiro atoms. The maximum absolute atomic E-state index is 6.11. The summed E-state index contributed by atoms with van der Waals surface area (Å²) in [5.74, 6) is 1.10. The molecule has 4 heteroatoms. The minimum atomic E-state index is -0.0382. The monoisotopic (exact) mass is 295 g/mol. The maximum Gasteiger partial charge on any atom is 0.194 e. The smallest absolute Gasteiger partial charge is 0.194 e. The molecule has 2 aliphatic rings. The highest BCUT2D eigenvalue weighted by atomic mass is 16.5. The molecular formula is C17H33N3O. The summed E-state index contributed by atoms with van der Waals surface area (Å²) in [7, 11) is 0. The van der Waals surface area contributed by atoms with Gasteiger partial charge in [0, 0.05) is 25.7 Å². The summed E-state index contributed by atoms with van der Waals surface area (Å²) in [6, 6.07) is 0.589. The first-order valence-electron chi connectivity index (χ1n) is 8.45. The summed E-state index contributed by atoms with van der Waals surface area (Å²) in [4.78, 5) is 7.09. The first-order valence-corrected chi connectivity index (χ1v) is 8.45. The van der Waals surface area contributed by atoms with Crippen molar-refractivity contribution in [1.29, 1.82) is 0 Å². The Morgan fingerprint density at radius 1 is 1.29 bits per heavy atom. The fraction of sp³-hybridized carbons (Fsp3) is 0.941. The van der Waals surface area contributed by atoms with E-state index >= 15 is 0 Å². The number of ether oxygens (including phenoxy) is 1. The average Bonchev–Trinajstić information content (AvgIpc) is 2.95. The van der Waals surface area contributed by atoms with Crippen LogP contribution >= 0.6 is 0 Å². The molecule has 0 aromatic carbocycles. The van der Waals surface area contributed by atoms with Crippen LogP contribution in [0.5, 0.6) is 0 Å². The number of likely N-dealkylation sites (tertiary alicyclic amines) is 1. The molecule has 0 radical (unpaired) electrons. The molecule has 1 aliphatic heterocycles. The number of aliphatic imine (C=N–C) groups is 1. The van der Waals surface area contributed by atoms with Crippen LogP contribution in [0.2, 0.25) is 0 Å². The summed E-state index contributed by atoms with van der Waals surface area (Å²) in [6.45, 7) is 16.1. The molecule has 2 rings (SSSR count). The molecule has 0 aromatic rings. The molecule has 122 valence electrons. The van der Waals surface area contributed by atoms with Crippen molar-refractivity contribution in [3.63, 3.8) is 0 Å². The lowest BCUT2D eigenvalue weighted by molar-refractivity contribution is -0.0773. The van der Waals surface area contributed by atoms with Crippen molar-refractivity contribution in [3.8, 4) is 0 Å². The zero-order valence-electron chi connectivity index (χ0n) is 14.7. The van der Waals surface area contributed by atoms with Gasteiger partial charge in [0.1, 0.15) is 0 Å². The van der Waals surface area contributed by atoms with Crippen LogP contribution in [0, 0.1) is 5.41 Å². The molecule has 1 saturated carbocycles. The third kappa shape index (κ3) is 4.87. The minimum absolute atomic E-state index is 0.0382. The van der Waals surface area contributed by atoms with E-state index in [4.69, 9.17) is 4.74 Å². The Bertz CT molecular complexity index is 376. The van der Waals surface area contributed by atoms with Crippen molar-refractivity contribution in [2.24, 2.45) is 10.4 Å². The van der Waals surface area contributed by atoms with Gasteiger partial charge in [-0.15, -0.1) is 0 Å². The predicted molar refractivity (Wildman–Crippen MR) is 88.7 cm³/mol. The van der Waals surface area contributed by atoms with Gasteiger partial charge in [-0.2, -0.15) is 0 Å². The third-order valence-electron chi connectivity index (χ3n) is 4.39. The number of guanidine groups is 1. The normalized spacial score (nSPS) is 26.9. The topological polar surface area (TPSA) is 36.9 Å². The fourth-order valence-corrected chi connectivity index (χ4v) is 2.94. The van der Waals surface area contributed by atoms with Crippen molar-refractivity contribution >= 4 is 5.96 Å². The van der Waals surface area contributed by atoms with Crippen molar-refractivity contribution in [3.05, 3.63) is 0 Å². The van der Waals surface area contributed by atoms with Crippen LogP contribution in [0.1, 0.15) is 60.8 Å². The molecule has 1 aliphatic carbocycles. The first kappa shape index (κ1) is 16.6. The summed E-state index contributed by atoms with van der Waals surface area (Å²) < 4.78 is 6.11. The van der Waals surface area contributed by atoms with Crippen molar-refractivity contribution < 1.29 is 4.74 Å². The van der Waals surface area contributed by atoms with E-state index in [2.05, 4.69) is 56.8 Å². The van der Waals surface area contributed by atoms with E-state index in [0.29, 0.717) is 17.6 Å². The Morgan fingerprint density at radius 2 is 1.86 bits per heavy atom. The number of hydrogen-bond donors (Lipinski definition) is 1. The Labute approximate surface area is 130 Å². The second-order valence-corrected chi connectivity index (χ2v) is 8.10. The molecule has 1 saturated heterocycles. The number of piperidine rings is 1. The van der Waals surface area contributed by atoms with Crippen LogP contribution in [0.4, 0.5) is 0 Å².